The maximum atomic E-state index is 11.4. The Balaban J connectivity index is 1.81. The van der Waals surface area contributed by atoms with Crippen LogP contribution in [-0.4, -0.2) is 22.3 Å². The molecule has 1 aliphatic carbocycles. The zero-order valence-corrected chi connectivity index (χ0v) is 8.62. The van der Waals surface area contributed by atoms with Gasteiger partial charge in [-0.05, 0) is 12.8 Å². The minimum Gasteiger partial charge on any atom is -0.408 e. The summed E-state index contributed by atoms with van der Waals surface area (Å²) in [5, 5.41) is 12.6. The molecule has 2 amide bonds. The smallest absolute Gasteiger partial charge is 0.323 e. The lowest BCUT2D eigenvalue weighted by molar-refractivity contribution is 0.248. The highest BCUT2D eigenvalue weighted by Crippen LogP contribution is 2.17. The number of amides is 2. The van der Waals surface area contributed by atoms with E-state index in [9.17, 15) is 4.79 Å². The Morgan fingerprint density at radius 3 is 2.73 bits per heavy atom. The third-order valence-electron chi connectivity index (χ3n) is 2.44. The van der Waals surface area contributed by atoms with Gasteiger partial charge >= 0.3 is 12.0 Å². The van der Waals surface area contributed by atoms with Gasteiger partial charge in [-0.15, -0.1) is 5.10 Å². The number of aromatic nitrogens is 2. The fraction of sp³-hybridized carbons (Fsp3) is 0.667. The van der Waals surface area contributed by atoms with Crippen LogP contribution in [0.15, 0.2) is 4.42 Å². The summed E-state index contributed by atoms with van der Waals surface area (Å²) in [5.74, 6) is 0.436. The van der Waals surface area contributed by atoms with E-state index in [-0.39, 0.29) is 18.1 Å². The predicted octanol–water partition coefficient (Wildman–Crippen LogP) is 1.44. The van der Waals surface area contributed by atoms with Gasteiger partial charge in [0, 0.05) is 13.0 Å². The molecule has 82 valence electrons. The Labute approximate surface area is 87.4 Å². The van der Waals surface area contributed by atoms with E-state index in [4.69, 9.17) is 4.42 Å². The van der Waals surface area contributed by atoms with Crippen LogP contribution < -0.4 is 10.6 Å². The second-order valence-corrected chi connectivity index (χ2v) is 3.71. The molecular formula is C9H14N4O2. The molecule has 15 heavy (non-hydrogen) atoms. The van der Waals surface area contributed by atoms with Gasteiger partial charge in [0.2, 0.25) is 5.89 Å². The highest BCUT2D eigenvalue weighted by molar-refractivity contribution is 5.87. The van der Waals surface area contributed by atoms with Crippen molar-refractivity contribution in [2.75, 3.05) is 5.32 Å². The molecule has 0 unspecified atom stereocenters. The molecule has 0 atom stereocenters. The molecule has 2 rings (SSSR count). The molecular weight excluding hydrogens is 196 g/mol. The summed E-state index contributed by atoms with van der Waals surface area (Å²) in [6.07, 6.45) is 4.47. The number of urea groups is 1. The van der Waals surface area contributed by atoms with Crippen molar-refractivity contribution >= 4 is 12.0 Å². The Hall–Kier alpha value is -1.59. The van der Waals surface area contributed by atoms with Crippen molar-refractivity contribution in [3.05, 3.63) is 5.89 Å². The second-order valence-electron chi connectivity index (χ2n) is 3.71. The van der Waals surface area contributed by atoms with Gasteiger partial charge in [-0.2, -0.15) is 0 Å². The lowest BCUT2D eigenvalue weighted by Gasteiger charge is -2.10. The maximum absolute atomic E-state index is 11.4. The highest BCUT2D eigenvalue weighted by Gasteiger charge is 2.17. The van der Waals surface area contributed by atoms with Crippen molar-refractivity contribution in [2.45, 2.75) is 38.6 Å². The first kappa shape index (κ1) is 9.95. The molecule has 1 heterocycles. The number of carbonyl (C=O) groups is 1. The zero-order chi connectivity index (χ0) is 10.7. The fourth-order valence-corrected chi connectivity index (χ4v) is 1.74. The molecule has 1 saturated carbocycles. The second kappa shape index (κ2) is 4.29. The summed E-state index contributed by atoms with van der Waals surface area (Å²) in [6.45, 7) is 1.67. The first-order chi connectivity index (χ1) is 7.24. The first-order valence-electron chi connectivity index (χ1n) is 5.11. The van der Waals surface area contributed by atoms with E-state index in [1.54, 1.807) is 6.92 Å². The molecule has 0 radical (unpaired) electrons. The van der Waals surface area contributed by atoms with Gasteiger partial charge in [0.05, 0.1) is 0 Å². The molecule has 0 spiro atoms. The number of nitrogens with zero attached hydrogens (tertiary/aromatic N) is 2. The standard InChI is InChI=1S/C9H14N4O2/c1-6-12-13-9(15-6)11-8(14)10-7-4-2-3-5-7/h7H,2-5H2,1H3,(H2,10,11,13,14). The van der Waals surface area contributed by atoms with Crippen molar-refractivity contribution < 1.29 is 9.21 Å². The van der Waals surface area contributed by atoms with Crippen LogP contribution in [0.4, 0.5) is 10.8 Å². The monoisotopic (exact) mass is 210 g/mol. The van der Waals surface area contributed by atoms with Crippen molar-refractivity contribution in [2.24, 2.45) is 0 Å². The minimum absolute atomic E-state index is 0.142. The van der Waals surface area contributed by atoms with Gasteiger partial charge in [0.15, 0.2) is 0 Å². The first-order valence-corrected chi connectivity index (χ1v) is 5.11. The van der Waals surface area contributed by atoms with Crippen molar-refractivity contribution in [3.8, 4) is 0 Å². The Morgan fingerprint density at radius 1 is 1.40 bits per heavy atom. The van der Waals surface area contributed by atoms with E-state index in [1.165, 1.54) is 12.8 Å². The van der Waals surface area contributed by atoms with E-state index >= 15 is 0 Å². The number of anilines is 1. The average Bonchev–Trinajstić information content (AvgIpc) is 2.77. The van der Waals surface area contributed by atoms with Crippen LogP contribution >= 0.6 is 0 Å². The van der Waals surface area contributed by atoms with Crippen LogP contribution in [0, 0.1) is 6.92 Å². The Morgan fingerprint density at radius 2 is 2.13 bits per heavy atom. The van der Waals surface area contributed by atoms with Gasteiger partial charge in [0.25, 0.3) is 0 Å². The molecule has 0 bridgehead atoms. The van der Waals surface area contributed by atoms with Gasteiger partial charge in [0.1, 0.15) is 0 Å². The summed E-state index contributed by atoms with van der Waals surface area (Å²) in [4.78, 5) is 11.4. The summed E-state index contributed by atoms with van der Waals surface area (Å²) in [7, 11) is 0. The van der Waals surface area contributed by atoms with E-state index in [0.29, 0.717) is 5.89 Å². The van der Waals surface area contributed by atoms with Gasteiger partial charge in [-0.1, -0.05) is 17.9 Å². The van der Waals surface area contributed by atoms with Gasteiger partial charge < -0.3 is 9.73 Å². The summed E-state index contributed by atoms with van der Waals surface area (Å²) >= 11 is 0. The number of hydrogen-bond donors (Lipinski definition) is 2. The lowest BCUT2D eigenvalue weighted by Crippen LogP contribution is -2.36. The van der Waals surface area contributed by atoms with Crippen molar-refractivity contribution in [3.63, 3.8) is 0 Å². The van der Waals surface area contributed by atoms with Gasteiger partial charge in [-0.25, -0.2) is 4.79 Å². The average molecular weight is 210 g/mol. The summed E-state index contributed by atoms with van der Waals surface area (Å²) in [5.41, 5.74) is 0. The van der Waals surface area contributed by atoms with Crippen molar-refractivity contribution in [1.29, 1.82) is 0 Å². The lowest BCUT2D eigenvalue weighted by atomic mass is 10.3. The Kier molecular flexibility index (Phi) is 2.84. The fourth-order valence-electron chi connectivity index (χ4n) is 1.74. The Bertz CT molecular complexity index is 344. The van der Waals surface area contributed by atoms with Crippen molar-refractivity contribution in [1.82, 2.24) is 15.5 Å². The highest BCUT2D eigenvalue weighted by atomic mass is 16.4. The van der Waals surface area contributed by atoms with E-state index in [0.717, 1.165) is 12.8 Å². The maximum Gasteiger partial charge on any atom is 0.323 e. The van der Waals surface area contributed by atoms with E-state index < -0.39 is 0 Å². The zero-order valence-electron chi connectivity index (χ0n) is 8.62. The van der Waals surface area contributed by atoms with E-state index in [1.807, 2.05) is 0 Å². The van der Waals surface area contributed by atoms with Crippen LogP contribution in [-0.2, 0) is 0 Å². The van der Waals surface area contributed by atoms with Crippen LogP contribution in [0.2, 0.25) is 0 Å². The molecule has 6 heteroatoms. The third-order valence-corrected chi connectivity index (χ3v) is 2.44. The van der Waals surface area contributed by atoms with Gasteiger partial charge in [-0.3, -0.25) is 5.32 Å². The summed E-state index contributed by atoms with van der Waals surface area (Å²) in [6, 6.07) is 0.155. The number of nitrogens with one attached hydrogen (secondary N) is 2. The third kappa shape index (κ3) is 2.68. The molecule has 1 fully saturated rings. The molecule has 0 aromatic carbocycles. The predicted molar refractivity (Wildman–Crippen MR) is 53.4 cm³/mol. The molecule has 0 aliphatic heterocycles. The topological polar surface area (TPSA) is 80.0 Å². The summed E-state index contributed by atoms with van der Waals surface area (Å²) < 4.78 is 5.02. The van der Waals surface area contributed by atoms with Crippen LogP contribution in [0.25, 0.3) is 0 Å². The molecule has 1 aromatic rings. The normalized spacial score (nSPS) is 16.6. The van der Waals surface area contributed by atoms with E-state index in [2.05, 4.69) is 20.8 Å². The molecule has 1 aromatic heterocycles. The van der Waals surface area contributed by atoms with Crippen LogP contribution in [0.3, 0.4) is 0 Å². The number of rotatable bonds is 2. The minimum atomic E-state index is -0.273. The quantitative estimate of drug-likeness (QED) is 0.774. The molecule has 1 aliphatic rings. The molecule has 0 saturated heterocycles. The molecule has 2 N–H and O–H groups in total. The van der Waals surface area contributed by atoms with Crippen LogP contribution in [0.5, 0.6) is 0 Å². The molecule has 6 nitrogen and oxygen atoms in total. The number of carbonyl (C=O) groups excluding carboxylic acids is 1. The SMILES string of the molecule is Cc1nnc(NC(=O)NC2CCCC2)o1. The number of aryl methyl sites for hydroxylation is 1. The number of hydrogen-bond acceptors (Lipinski definition) is 4. The van der Waals surface area contributed by atoms with Crippen LogP contribution in [0.1, 0.15) is 31.6 Å². The largest absolute Gasteiger partial charge is 0.408 e.